The molecule has 1 aromatic carbocycles. The zero-order valence-electron chi connectivity index (χ0n) is 11.1. The standard InChI is InChI=1S/C14H19Cl3N2/c1-2-19-7-3-4-10(19)8-18-9-11-12(15)5-6-13(16)14(11)17/h5-6,10,18H,2-4,7-9H2,1H3. The molecule has 0 aliphatic carbocycles. The largest absolute Gasteiger partial charge is 0.311 e. The number of halogens is 3. The van der Waals surface area contributed by atoms with Gasteiger partial charge >= 0.3 is 0 Å². The Morgan fingerprint density at radius 2 is 2.00 bits per heavy atom. The van der Waals surface area contributed by atoms with E-state index in [1.54, 1.807) is 12.1 Å². The van der Waals surface area contributed by atoms with E-state index < -0.39 is 0 Å². The van der Waals surface area contributed by atoms with Gasteiger partial charge in [-0.3, -0.25) is 4.90 Å². The highest BCUT2D eigenvalue weighted by molar-refractivity contribution is 6.44. The molecule has 1 aliphatic heterocycles. The fraction of sp³-hybridized carbons (Fsp3) is 0.571. The van der Waals surface area contributed by atoms with Crippen LogP contribution in [0.1, 0.15) is 25.3 Å². The molecule has 0 aromatic heterocycles. The number of likely N-dealkylation sites (N-methyl/N-ethyl adjacent to an activating group) is 1. The molecule has 5 heteroatoms. The van der Waals surface area contributed by atoms with Gasteiger partial charge in [0.2, 0.25) is 0 Å². The van der Waals surface area contributed by atoms with Crippen LogP contribution in [0.4, 0.5) is 0 Å². The van der Waals surface area contributed by atoms with Gasteiger partial charge in [-0.1, -0.05) is 41.7 Å². The fourth-order valence-corrected chi connectivity index (χ4v) is 3.32. The molecule has 1 saturated heterocycles. The van der Waals surface area contributed by atoms with Crippen molar-refractivity contribution in [3.63, 3.8) is 0 Å². The van der Waals surface area contributed by atoms with Gasteiger partial charge in [-0.25, -0.2) is 0 Å². The van der Waals surface area contributed by atoms with Gasteiger partial charge in [0.25, 0.3) is 0 Å². The van der Waals surface area contributed by atoms with E-state index >= 15 is 0 Å². The molecule has 1 unspecified atom stereocenters. The first-order valence-electron chi connectivity index (χ1n) is 6.70. The van der Waals surface area contributed by atoms with Crippen molar-refractivity contribution in [3.05, 3.63) is 32.8 Å². The van der Waals surface area contributed by atoms with E-state index in [4.69, 9.17) is 34.8 Å². The monoisotopic (exact) mass is 320 g/mol. The summed E-state index contributed by atoms with van der Waals surface area (Å²) < 4.78 is 0. The fourth-order valence-electron chi connectivity index (χ4n) is 2.64. The zero-order valence-corrected chi connectivity index (χ0v) is 13.3. The van der Waals surface area contributed by atoms with Crippen LogP contribution in [0.5, 0.6) is 0 Å². The zero-order chi connectivity index (χ0) is 13.8. The Labute approximate surface area is 130 Å². The summed E-state index contributed by atoms with van der Waals surface area (Å²) in [5, 5.41) is 5.23. The highest BCUT2D eigenvalue weighted by atomic mass is 35.5. The first-order chi connectivity index (χ1) is 9.13. The van der Waals surface area contributed by atoms with Crippen molar-refractivity contribution >= 4 is 34.8 Å². The van der Waals surface area contributed by atoms with Crippen LogP contribution in [0.2, 0.25) is 15.1 Å². The Morgan fingerprint density at radius 3 is 2.74 bits per heavy atom. The van der Waals surface area contributed by atoms with Crippen LogP contribution in [0.3, 0.4) is 0 Å². The molecule has 106 valence electrons. The van der Waals surface area contributed by atoms with E-state index in [0.29, 0.717) is 27.7 Å². The third-order valence-corrected chi connectivity index (χ3v) is 4.92. The van der Waals surface area contributed by atoms with E-state index in [1.165, 1.54) is 19.4 Å². The Kier molecular flexibility index (Phi) is 5.79. The van der Waals surface area contributed by atoms with Crippen LogP contribution < -0.4 is 5.32 Å². The van der Waals surface area contributed by atoms with Crippen LogP contribution in [0.15, 0.2) is 12.1 Å². The molecule has 0 spiro atoms. The van der Waals surface area contributed by atoms with Crippen LogP contribution in [-0.4, -0.2) is 30.6 Å². The van der Waals surface area contributed by atoms with E-state index in [0.717, 1.165) is 18.7 Å². The number of likely N-dealkylation sites (tertiary alicyclic amines) is 1. The Bertz CT molecular complexity index is 437. The van der Waals surface area contributed by atoms with Gasteiger partial charge in [0.15, 0.2) is 0 Å². The van der Waals surface area contributed by atoms with Crippen molar-refractivity contribution in [3.8, 4) is 0 Å². The SMILES string of the molecule is CCN1CCCC1CNCc1c(Cl)ccc(Cl)c1Cl. The minimum Gasteiger partial charge on any atom is -0.311 e. The normalized spacial score (nSPS) is 20.1. The summed E-state index contributed by atoms with van der Waals surface area (Å²) in [6.45, 7) is 6.16. The lowest BCUT2D eigenvalue weighted by Crippen LogP contribution is -2.37. The summed E-state index contributed by atoms with van der Waals surface area (Å²) in [6, 6.07) is 4.15. The molecule has 1 N–H and O–H groups in total. The number of nitrogens with zero attached hydrogens (tertiary/aromatic N) is 1. The first-order valence-corrected chi connectivity index (χ1v) is 7.84. The number of rotatable bonds is 5. The second-order valence-corrected chi connectivity index (χ2v) is 6.07. The highest BCUT2D eigenvalue weighted by Gasteiger charge is 2.22. The molecule has 1 aromatic rings. The van der Waals surface area contributed by atoms with Crippen molar-refractivity contribution in [2.24, 2.45) is 0 Å². The summed E-state index contributed by atoms with van der Waals surface area (Å²) >= 11 is 18.4. The first kappa shape index (κ1) is 15.4. The maximum Gasteiger partial charge on any atom is 0.0652 e. The molecule has 2 rings (SSSR count). The van der Waals surface area contributed by atoms with E-state index in [2.05, 4.69) is 17.1 Å². The van der Waals surface area contributed by atoms with Gasteiger partial charge in [0, 0.05) is 29.7 Å². The van der Waals surface area contributed by atoms with E-state index in [9.17, 15) is 0 Å². The van der Waals surface area contributed by atoms with Crippen molar-refractivity contribution in [1.29, 1.82) is 0 Å². The number of benzene rings is 1. The second kappa shape index (κ2) is 7.14. The number of hydrogen-bond acceptors (Lipinski definition) is 2. The highest BCUT2D eigenvalue weighted by Crippen LogP contribution is 2.31. The smallest absolute Gasteiger partial charge is 0.0652 e. The third-order valence-electron chi connectivity index (χ3n) is 3.73. The lowest BCUT2D eigenvalue weighted by atomic mass is 10.2. The molecule has 2 nitrogen and oxygen atoms in total. The minimum absolute atomic E-state index is 0.555. The topological polar surface area (TPSA) is 15.3 Å². The van der Waals surface area contributed by atoms with Gasteiger partial charge in [0.1, 0.15) is 0 Å². The van der Waals surface area contributed by atoms with Crippen molar-refractivity contribution < 1.29 is 0 Å². The van der Waals surface area contributed by atoms with Crippen LogP contribution in [0, 0.1) is 0 Å². The lowest BCUT2D eigenvalue weighted by Gasteiger charge is -2.23. The predicted octanol–water partition coefficient (Wildman–Crippen LogP) is 4.22. The summed E-state index contributed by atoms with van der Waals surface area (Å²) in [7, 11) is 0. The molecule has 19 heavy (non-hydrogen) atoms. The van der Waals surface area contributed by atoms with Crippen molar-refractivity contribution in [2.75, 3.05) is 19.6 Å². The van der Waals surface area contributed by atoms with Gasteiger partial charge in [-0.2, -0.15) is 0 Å². The minimum atomic E-state index is 0.555. The van der Waals surface area contributed by atoms with E-state index in [-0.39, 0.29) is 0 Å². The maximum absolute atomic E-state index is 6.18. The Balaban J connectivity index is 1.91. The summed E-state index contributed by atoms with van der Waals surface area (Å²) in [5.41, 5.74) is 0.886. The number of nitrogens with one attached hydrogen (secondary N) is 1. The van der Waals surface area contributed by atoms with Crippen LogP contribution in [0.25, 0.3) is 0 Å². The molecule has 1 heterocycles. The molecule has 0 amide bonds. The van der Waals surface area contributed by atoms with Crippen molar-refractivity contribution in [2.45, 2.75) is 32.4 Å². The molecule has 0 bridgehead atoms. The lowest BCUT2D eigenvalue weighted by molar-refractivity contribution is 0.260. The van der Waals surface area contributed by atoms with Gasteiger partial charge in [-0.15, -0.1) is 0 Å². The molecule has 1 aliphatic rings. The molecule has 1 fully saturated rings. The van der Waals surface area contributed by atoms with Crippen LogP contribution >= 0.6 is 34.8 Å². The average Bonchev–Trinajstić information content (AvgIpc) is 2.85. The second-order valence-electron chi connectivity index (χ2n) is 4.88. The number of hydrogen-bond donors (Lipinski definition) is 1. The predicted molar refractivity (Wildman–Crippen MR) is 83.4 cm³/mol. The molecular weight excluding hydrogens is 303 g/mol. The summed E-state index contributed by atoms with van der Waals surface area (Å²) in [4.78, 5) is 2.51. The maximum atomic E-state index is 6.18. The van der Waals surface area contributed by atoms with E-state index in [1.807, 2.05) is 0 Å². The Morgan fingerprint density at radius 1 is 1.26 bits per heavy atom. The van der Waals surface area contributed by atoms with Gasteiger partial charge < -0.3 is 5.32 Å². The molecule has 1 atom stereocenters. The third kappa shape index (κ3) is 3.77. The summed E-state index contributed by atoms with van der Waals surface area (Å²) in [6.07, 6.45) is 2.55. The van der Waals surface area contributed by atoms with Crippen LogP contribution in [-0.2, 0) is 6.54 Å². The molecule has 0 saturated carbocycles. The average molecular weight is 322 g/mol. The molecule has 0 radical (unpaired) electrons. The molecular formula is C14H19Cl3N2. The van der Waals surface area contributed by atoms with Gasteiger partial charge in [0.05, 0.1) is 10.0 Å². The Hall–Kier alpha value is 0.01000. The van der Waals surface area contributed by atoms with Crippen molar-refractivity contribution in [1.82, 2.24) is 10.2 Å². The van der Waals surface area contributed by atoms with Gasteiger partial charge in [-0.05, 0) is 38.1 Å². The quantitative estimate of drug-likeness (QED) is 0.817. The summed E-state index contributed by atoms with van der Waals surface area (Å²) in [5.74, 6) is 0.